The molecule has 0 aliphatic heterocycles. The summed E-state index contributed by atoms with van der Waals surface area (Å²) in [5, 5.41) is 0. The molecule has 0 aromatic carbocycles. The molecule has 0 aromatic rings. The molecule has 4 atom stereocenters. The zero-order valence-corrected chi connectivity index (χ0v) is 17.3. The Balaban J connectivity index is 1.63. The van der Waals surface area contributed by atoms with E-state index in [4.69, 9.17) is 0 Å². The summed E-state index contributed by atoms with van der Waals surface area (Å²) in [6.45, 7) is 17.1. The van der Waals surface area contributed by atoms with Crippen LogP contribution >= 0.6 is 0 Å². The highest BCUT2D eigenvalue weighted by Gasteiger charge is 2.46. The summed E-state index contributed by atoms with van der Waals surface area (Å²) in [5.74, 6) is 6.14. The average Bonchev–Trinajstić information content (AvgIpc) is 2.94. The van der Waals surface area contributed by atoms with Gasteiger partial charge in [-0.05, 0) is 82.0 Å². The molecule has 0 N–H and O–H groups in total. The molecule has 0 nitrogen and oxygen atoms in total. The third kappa shape index (κ3) is 3.04. The second-order valence-corrected chi connectivity index (χ2v) is 9.77. The number of rotatable bonds is 4. The minimum atomic E-state index is 0.791. The van der Waals surface area contributed by atoms with Crippen molar-refractivity contribution in [1.82, 2.24) is 0 Å². The lowest BCUT2D eigenvalue weighted by atomic mass is 9.74. The van der Waals surface area contributed by atoms with E-state index in [0.717, 1.165) is 41.4 Å². The Hall–Kier alpha value is -0.520. The first kappa shape index (κ1) is 18.3. The molecule has 0 amide bonds. The van der Waals surface area contributed by atoms with Gasteiger partial charge in [-0.25, -0.2) is 0 Å². The van der Waals surface area contributed by atoms with Gasteiger partial charge in [0.05, 0.1) is 0 Å². The number of hydrogen-bond acceptors (Lipinski definition) is 0. The van der Waals surface area contributed by atoms with Crippen LogP contribution in [0, 0.1) is 41.4 Å². The van der Waals surface area contributed by atoms with Crippen LogP contribution in [0.4, 0.5) is 0 Å². The van der Waals surface area contributed by atoms with Crippen LogP contribution < -0.4 is 0 Å². The molecular weight excluding hydrogens is 288 g/mol. The molecule has 0 bridgehead atoms. The Labute approximate surface area is 151 Å². The zero-order chi connectivity index (χ0) is 17.6. The van der Waals surface area contributed by atoms with Crippen molar-refractivity contribution in [3.05, 3.63) is 22.3 Å². The van der Waals surface area contributed by atoms with E-state index >= 15 is 0 Å². The molecule has 1 saturated carbocycles. The zero-order valence-electron chi connectivity index (χ0n) is 17.3. The Morgan fingerprint density at radius 1 is 0.833 bits per heavy atom. The molecule has 24 heavy (non-hydrogen) atoms. The fourth-order valence-corrected chi connectivity index (χ4v) is 6.37. The Morgan fingerprint density at radius 3 is 2.00 bits per heavy atom. The fraction of sp³-hybridized carbons (Fsp3) is 0.833. The molecule has 3 aliphatic carbocycles. The van der Waals surface area contributed by atoms with Crippen LogP contribution in [-0.4, -0.2) is 0 Å². The quantitative estimate of drug-likeness (QED) is 0.471. The van der Waals surface area contributed by atoms with Crippen molar-refractivity contribution in [2.75, 3.05) is 0 Å². The smallest absolute Gasteiger partial charge is 0.00490 e. The summed E-state index contributed by atoms with van der Waals surface area (Å²) >= 11 is 0. The number of allylic oxidation sites excluding steroid dienone is 4. The minimum Gasteiger partial charge on any atom is -0.0706 e. The molecule has 0 spiro atoms. The highest BCUT2D eigenvalue weighted by molar-refractivity contribution is 5.41. The van der Waals surface area contributed by atoms with Crippen molar-refractivity contribution >= 4 is 0 Å². The topological polar surface area (TPSA) is 0 Å². The molecule has 1 fully saturated rings. The van der Waals surface area contributed by atoms with Crippen molar-refractivity contribution in [3.63, 3.8) is 0 Å². The van der Waals surface area contributed by atoms with E-state index in [1.807, 2.05) is 5.57 Å². The summed E-state index contributed by atoms with van der Waals surface area (Å²) in [7, 11) is 0. The van der Waals surface area contributed by atoms with Crippen molar-refractivity contribution in [1.29, 1.82) is 0 Å². The Bertz CT molecular complexity index is 524. The summed E-state index contributed by atoms with van der Waals surface area (Å²) < 4.78 is 0. The molecule has 4 unspecified atom stereocenters. The lowest BCUT2D eigenvalue weighted by Crippen LogP contribution is -2.19. The number of hydrogen-bond donors (Lipinski definition) is 0. The molecule has 136 valence electrons. The monoisotopic (exact) mass is 328 g/mol. The van der Waals surface area contributed by atoms with Gasteiger partial charge in [-0.15, -0.1) is 0 Å². The van der Waals surface area contributed by atoms with E-state index in [9.17, 15) is 0 Å². The van der Waals surface area contributed by atoms with Gasteiger partial charge < -0.3 is 0 Å². The SMILES string of the molecule is CC1=C(C)C2C(CCC3CCC(C(C)C)CC3)=C(C)C(C)C2C1C. The van der Waals surface area contributed by atoms with E-state index in [0.29, 0.717) is 0 Å². The van der Waals surface area contributed by atoms with Crippen LogP contribution in [0.3, 0.4) is 0 Å². The van der Waals surface area contributed by atoms with Gasteiger partial charge >= 0.3 is 0 Å². The second-order valence-electron chi connectivity index (χ2n) is 9.77. The largest absolute Gasteiger partial charge is 0.0706 e. The van der Waals surface area contributed by atoms with E-state index < -0.39 is 0 Å². The van der Waals surface area contributed by atoms with Gasteiger partial charge in [-0.3, -0.25) is 0 Å². The summed E-state index contributed by atoms with van der Waals surface area (Å²) in [4.78, 5) is 0. The van der Waals surface area contributed by atoms with Crippen molar-refractivity contribution in [3.8, 4) is 0 Å². The van der Waals surface area contributed by atoms with Gasteiger partial charge in [-0.1, -0.05) is 62.8 Å². The highest BCUT2D eigenvalue weighted by atomic mass is 14.5. The summed E-state index contributed by atoms with van der Waals surface area (Å²) in [6, 6.07) is 0. The van der Waals surface area contributed by atoms with Gasteiger partial charge in [0.25, 0.3) is 0 Å². The molecule has 0 heteroatoms. The van der Waals surface area contributed by atoms with E-state index in [1.54, 1.807) is 16.7 Å². The maximum Gasteiger partial charge on any atom is 0.00490 e. The third-order valence-corrected chi connectivity index (χ3v) is 8.53. The van der Waals surface area contributed by atoms with Gasteiger partial charge in [-0.2, -0.15) is 0 Å². The predicted molar refractivity (Wildman–Crippen MR) is 106 cm³/mol. The summed E-state index contributed by atoms with van der Waals surface area (Å²) in [6.07, 6.45) is 8.78. The second kappa shape index (κ2) is 7.00. The molecule has 0 radical (unpaired) electrons. The van der Waals surface area contributed by atoms with E-state index in [2.05, 4.69) is 48.5 Å². The standard InChI is InChI=1S/C24H40/c1-14(2)21-11-8-20(9-12-21)10-13-22-16(4)19(7)23-17(5)15(3)18(6)24(22)23/h14,17,19-21,23-24H,8-13H2,1-7H3. The van der Waals surface area contributed by atoms with Crippen LogP contribution in [0.25, 0.3) is 0 Å². The average molecular weight is 329 g/mol. The van der Waals surface area contributed by atoms with Gasteiger partial charge in [0.15, 0.2) is 0 Å². The lowest BCUT2D eigenvalue weighted by Gasteiger charge is -2.31. The fourth-order valence-electron chi connectivity index (χ4n) is 6.37. The van der Waals surface area contributed by atoms with Crippen LogP contribution in [-0.2, 0) is 0 Å². The van der Waals surface area contributed by atoms with Crippen LogP contribution in [0.15, 0.2) is 22.3 Å². The van der Waals surface area contributed by atoms with Gasteiger partial charge in [0.2, 0.25) is 0 Å². The van der Waals surface area contributed by atoms with Crippen LogP contribution in [0.5, 0.6) is 0 Å². The molecular formula is C24H40. The Morgan fingerprint density at radius 2 is 1.42 bits per heavy atom. The molecule has 0 heterocycles. The minimum absolute atomic E-state index is 0.791. The first-order valence-corrected chi connectivity index (χ1v) is 10.7. The summed E-state index contributed by atoms with van der Waals surface area (Å²) in [5.41, 5.74) is 7.01. The van der Waals surface area contributed by atoms with Crippen molar-refractivity contribution < 1.29 is 0 Å². The molecule has 3 rings (SSSR count). The Kier molecular flexibility index (Phi) is 5.33. The van der Waals surface area contributed by atoms with Crippen LogP contribution in [0.2, 0.25) is 0 Å². The predicted octanol–water partition coefficient (Wildman–Crippen LogP) is 7.41. The lowest BCUT2D eigenvalue weighted by molar-refractivity contribution is 0.216. The molecule has 3 aliphatic rings. The third-order valence-electron chi connectivity index (χ3n) is 8.53. The first-order valence-electron chi connectivity index (χ1n) is 10.7. The van der Waals surface area contributed by atoms with Gasteiger partial charge in [0, 0.05) is 5.92 Å². The highest BCUT2D eigenvalue weighted by Crippen LogP contribution is 2.56. The normalized spacial score (nSPS) is 40.0. The van der Waals surface area contributed by atoms with Crippen molar-refractivity contribution in [2.45, 2.75) is 87.0 Å². The maximum atomic E-state index is 2.50. The first-order chi connectivity index (χ1) is 11.3. The van der Waals surface area contributed by atoms with E-state index in [-0.39, 0.29) is 0 Å². The van der Waals surface area contributed by atoms with E-state index in [1.165, 1.54) is 38.5 Å². The molecule has 0 aromatic heterocycles. The number of fused-ring (bicyclic) bond motifs is 1. The van der Waals surface area contributed by atoms with Gasteiger partial charge in [0.1, 0.15) is 0 Å². The maximum absolute atomic E-state index is 2.50. The molecule has 0 saturated heterocycles. The van der Waals surface area contributed by atoms with Crippen LogP contribution in [0.1, 0.15) is 87.0 Å². The van der Waals surface area contributed by atoms with Crippen molar-refractivity contribution in [2.24, 2.45) is 41.4 Å².